The average molecular weight is 324 g/mol. The van der Waals surface area contributed by atoms with Gasteiger partial charge in [0.15, 0.2) is 0 Å². The van der Waals surface area contributed by atoms with Gasteiger partial charge in [-0.15, -0.1) is 11.3 Å². The molecule has 3 unspecified atom stereocenters. The molecule has 0 saturated carbocycles. The molecule has 1 aliphatic carbocycles. The van der Waals surface area contributed by atoms with Gasteiger partial charge in [-0.2, -0.15) is 0 Å². The Labute approximate surface area is 142 Å². The van der Waals surface area contributed by atoms with Crippen molar-refractivity contribution >= 4 is 22.7 Å². The summed E-state index contributed by atoms with van der Waals surface area (Å²) in [5.74, 6) is 1.20. The van der Waals surface area contributed by atoms with Crippen LogP contribution in [0.1, 0.15) is 42.7 Å². The Bertz CT molecular complexity index is 700. The highest BCUT2D eigenvalue weighted by Crippen LogP contribution is 2.51. The summed E-state index contributed by atoms with van der Waals surface area (Å²) in [6.07, 6.45) is 5.98. The number of hydrogen-bond acceptors (Lipinski definition) is 3. The number of nitrogens with zero attached hydrogens (tertiary/aromatic N) is 1. The van der Waals surface area contributed by atoms with Crippen LogP contribution < -0.4 is 10.2 Å². The van der Waals surface area contributed by atoms with Crippen LogP contribution in [-0.4, -0.2) is 13.1 Å². The molecule has 3 atom stereocenters. The zero-order valence-corrected chi connectivity index (χ0v) is 14.6. The maximum Gasteiger partial charge on any atom is 0.0646 e. The minimum Gasteiger partial charge on any atom is -0.377 e. The number of hydrogen-bond donors (Lipinski definition) is 1. The Morgan fingerprint density at radius 2 is 2.09 bits per heavy atom. The van der Waals surface area contributed by atoms with Crippen LogP contribution in [0, 0.1) is 5.92 Å². The van der Waals surface area contributed by atoms with Crippen molar-refractivity contribution in [3.8, 4) is 0 Å². The number of anilines is 2. The fraction of sp³-hybridized carbons (Fsp3) is 0.400. The van der Waals surface area contributed by atoms with Gasteiger partial charge in [-0.25, -0.2) is 0 Å². The van der Waals surface area contributed by atoms with Crippen molar-refractivity contribution in [2.45, 2.75) is 32.2 Å². The highest BCUT2D eigenvalue weighted by molar-refractivity contribution is 7.10. The molecule has 1 N–H and O–H groups in total. The van der Waals surface area contributed by atoms with Crippen molar-refractivity contribution in [3.63, 3.8) is 0 Å². The second kappa shape index (κ2) is 6.04. The molecule has 0 fully saturated rings. The summed E-state index contributed by atoms with van der Waals surface area (Å²) in [7, 11) is 0. The number of benzene rings is 1. The predicted octanol–water partition coefficient (Wildman–Crippen LogP) is 5.42. The second-order valence-electron chi connectivity index (χ2n) is 6.43. The van der Waals surface area contributed by atoms with Gasteiger partial charge >= 0.3 is 0 Å². The first-order valence-corrected chi connectivity index (χ1v) is 9.55. The van der Waals surface area contributed by atoms with E-state index in [0.717, 1.165) is 13.1 Å². The number of fused-ring (bicyclic) bond motifs is 3. The van der Waals surface area contributed by atoms with Crippen LogP contribution in [0.4, 0.5) is 11.4 Å². The SMILES string of the molecule is CCN(CC)c1ccc2c(c1)C1C=CCC1C(c1cccs1)N2. The Balaban J connectivity index is 1.73. The summed E-state index contributed by atoms with van der Waals surface area (Å²) >= 11 is 1.87. The van der Waals surface area contributed by atoms with Gasteiger partial charge in [-0.05, 0) is 61.4 Å². The highest BCUT2D eigenvalue weighted by atomic mass is 32.1. The Morgan fingerprint density at radius 3 is 2.83 bits per heavy atom. The lowest BCUT2D eigenvalue weighted by Crippen LogP contribution is -2.29. The lowest BCUT2D eigenvalue weighted by Gasteiger charge is -2.37. The first-order chi connectivity index (χ1) is 11.3. The third-order valence-electron chi connectivity index (χ3n) is 5.32. The Hall–Kier alpha value is -1.74. The molecule has 2 aromatic rings. The first-order valence-electron chi connectivity index (χ1n) is 8.67. The van der Waals surface area contributed by atoms with Crippen LogP contribution in [0.5, 0.6) is 0 Å². The van der Waals surface area contributed by atoms with Crippen LogP contribution in [0.15, 0.2) is 47.9 Å². The van der Waals surface area contributed by atoms with Crippen molar-refractivity contribution in [3.05, 3.63) is 58.3 Å². The van der Waals surface area contributed by atoms with Crippen LogP contribution in [-0.2, 0) is 0 Å². The summed E-state index contributed by atoms with van der Waals surface area (Å²) in [4.78, 5) is 3.89. The van der Waals surface area contributed by atoms with Crippen LogP contribution in [0.25, 0.3) is 0 Å². The van der Waals surface area contributed by atoms with E-state index < -0.39 is 0 Å². The monoisotopic (exact) mass is 324 g/mol. The Morgan fingerprint density at radius 1 is 1.22 bits per heavy atom. The number of rotatable bonds is 4. The fourth-order valence-electron chi connectivity index (χ4n) is 4.12. The first kappa shape index (κ1) is 14.8. The molecule has 120 valence electrons. The molecule has 1 aliphatic heterocycles. The summed E-state index contributed by atoms with van der Waals surface area (Å²) in [5, 5.41) is 6.01. The molecule has 0 saturated heterocycles. The van der Waals surface area contributed by atoms with Crippen molar-refractivity contribution < 1.29 is 0 Å². The molecule has 1 aromatic carbocycles. The fourth-order valence-corrected chi connectivity index (χ4v) is 4.97. The normalized spacial score (nSPS) is 24.9. The third-order valence-corrected chi connectivity index (χ3v) is 6.28. The second-order valence-corrected chi connectivity index (χ2v) is 7.41. The molecule has 3 heteroatoms. The topological polar surface area (TPSA) is 15.3 Å². The summed E-state index contributed by atoms with van der Waals surface area (Å²) in [6.45, 7) is 6.58. The average Bonchev–Trinajstić information content (AvgIpc) is 3.27. The minimum atomic E-state index is 0.446. The molecular weight excluding hydrogens is 300 g/mol. The lowest BCUT2D eigenvalue weighted by molar-refractivity contribution is 0.430. The number of thiophene rings is 1. The quantitative estimate of drug-likeness (QED) is 0.755. The van der Waals surface area contributed by atoms with Crippen LogP contribution >= 0.6 is 11.3 Å². The van der Waals surface area contributed by atoms with E-state index in [2.05, 4.69) is 71.9 Å². The maximum atomic E-state index is 3.82. The van der Waals surface area contributed by atoms with Crippen molar-refractivity contribution in [2.24, 2.45) is 5.92 Å². The molecule has 2 heterocycles. The van der Waals surface area contributed by atoms with Gasteiger partial charge in [-0.3, -0.25) is 0 Å². The maximum absolute atomic E-state index is 3.82. The molecule has 2 nitrogen and oxygen atoms in total. The smallest absolute Gasteiger partial charge is 0.0646 e. The van der Waals surface area contributed by atoms with E-state index >= 15 is 0 Å². The van der Waals surface area contributed by atoms with Crippen molar-refractivity contribution in [1.29, 1.82) is 0 Å². The molecule has 0 radical (unpaired) electrons. The van der Waals surface area contributed by atoms with E-state index in [1.165, 1.54) is 28.2 Å². The van der Waals surface area contributed by atoms with Crippen molar-refractivity contribution in [2.75, 3.05) is 23.3 Å². The molecule has 23 heavy (non-hydrogen) atoms. The van der Waals surface area contributed by atoms with E-state index in [1.54, 1.807) is 0 Å². The standard InChI is InChI=1S/C20H24N2S/c1-3-22(4-2)14-10-11-18-17(13-14)15-7-5-8-16(15)20(21-18)19-9-6-12-23-19/h5-7,9-13,15-16,20-21H,3-4,8H2,1-2H3. The van der Waals surface area contributed by atoms with E-state index in [1.807, 2.05) is 11.3 Å². The summed E-state index contributed by atoms with van der Waals surface area (Å²) < 4.78 is 0. The van der Waals surface area contributed by atoms with E-state index in [0.29, 0.717) is 17.9 Å². The van der Waals surface area contributed by atoms with Gasteiger partial charge in [0.1, 0.15) is 0 Å². The number of nitrogens with one attached hydrogen (secondary N) is 1. The van der Waals surface area contributed by atoms with Crippen molar-refractivity contribution in [1.82, 2.24) is 0 Å². The molecule has 0 spiro atoms. The number of allylic oxidation sites excluding steroid dienone is 2. The molecule has 0 bridgehead atoms. The third kappa shape index (κ3) is 2.47. The van der Waals surface area contributed by atoms with Gasteiger partial charge in [-0.1, -0.05) is 18.2 Å². The summed E-state index contributed by atoms with van der Waals surface area (Å²) in [6, 6.07) is 11.8. The van der Waals surface area contributed by atoms with E-state index in [4.69, 9.17) is 0 Å². The molecule has 2 aliphatic rings. The minimum absolute atomic E-state index is 0.446. The zero-order chi connectivity index (χ0) is 15.8. The van der Waals surface area contributed by atoms with Crippen LogP contribution in [0.3, 0.4) is 0 Å². The lowest BCUT2D eigenvalue weighted by atomic mass is 9.78. The van der Waals surface area contributed by atoms with E-state index in [9.17, 15) is 0 Å². The Kier molecular flexibility index (Phi) is 3.90. The molecule has 4 rings (SSSR count). The van der Waals surface area contributed by atoms with Gasteiger partial charge < -0.3 is 10.2 Å². The zero-order valence-electron chi connectivity index (χ0n) is 13.8. The predicted molar refractivity (Wildman–Crippen MR) is 101 cm³/mol. The molecule has 1 aromatic heterocycles. The van der Waals surface area contributed by atoms with Gasteiger partial charge in [0.2, 0.25) is 0 Å². The highest BCUT2D eigenvalue weighted by Gasteiger charge is 2.38. The molecular formula is C20H24N2S. The summed E-state index contributed by atoms with van der Waals surface area (Å²) in [5.41, 5.74) is 4.14. The largest absolute Gasteiger partial charge is 0.377 e. The van der Waals surface area contributed by atoms with Gasteiger partial charge in [0, 0.05) is 35.3 Å². The van der Waals surface area contributed by atoms with Crippen LogP contribution in [0.2, 0.25) is 0 Å². The van der Waals surface area contributed by atoms with E-state index in [-0.39, 0.29) is 0 Å². The van der Waals surface area contributed by atoms with Gasteiger partial charge in [0.25, 0.3) is 0 Å². The molecule has 0 amide bonds. The van der Waals surface area contributed by atoms with Gasteiger partial charge in [0.05, 0.1) is 6.04 Å².